The first-order chi connectivity index (χ1) is 15.5. The second kappa shape index (κ2) is 9.05. The van der Waals surface area contributed by atoms with E-state index in [1.807, 2.05) is 37.3 Å². The smallest absolute Gasteiger partial charge is 0.269 e. The number of hydrogen-bond acceptors (Lipinski definition) is 5. The summed E-state index contributed by atoms with van der Waals surface area (Å²) in [6.07, 6.45) is 1.18. The summed E-state index contributed by atoms with van der Waals surface area (Å²) in [7, 11) is 0. The van der Waals surface area contributed by atoms with Crippen LogP contribution in [0.25, 0.3) is 10.8 Å². The van der Waals surface area contributed by atoms with Gasteiger partial charge in [0.25, 0.3) is 11.6 Å². The van der Waals surface area contributed by atoms with Crippen LogP contribution in [0, 0.1) is 10.1 Å². The van der Waals surface area contributed by atoms with Crippen LogP contribution in [0.5, 0.6) is 5.75 Å². The number of carbonyl (C=O) groups excluding carboxylic acids is 2. The Hall–Kier alpha value is -3.94. The Morgan fingerprint density at radius 3 is 2.53 bits per heavy atom. The molecule has 1 fully saturated rings. The van der Waals surface area contributed by atoms with Crippen LogP contribution >= 0.6 is 0 Å². The van der Waals surface area contributed by atoms with Crippen molar-refractivity contribution >= 4 is 34.0 Å². The lowest BCUT2D eigenvalue weighted by molar-refractivity contribution is -0.384. The minimum atomic E-state index is -0.488. The van der Waals surface area contributed by atoms with E-state index in [0.717, 1.165) is 17.2 Å². The molecule has 0 atom stereocenters. The van der Waals surface area contributed by atoms with Gasteiger partial charge in [0, 0.05) is 30.8 Å². The summed E-state index contributed by atoms with van der Waals surface area (Å²) in [5, 5.41) is 12.7. The molecule has 8 heteroatoms. The Labute approximate surface area is 185 Å². The van der Waals surface area contributed by atoms with Crippen molar-refractivity contribution in [3.8, 4) is 5.75 Å². The van der Waals surface area contributed by atoms with E-state index >= 15 is 0 Å². The molecule has 0 saturated carbocycles. The molecule has 3 aromatic rings. The number of anilines is 1. The molecule has 4 rings (SSSR count). The van der Waals surface area contributed by atoms with Crippen LogP contribution in [0.15, 0.2) is 60.7 Å². The molecule has 0 spiro atoms. The molecular weight excluding hydrogens is 410 g/mol. The number of nitrogens with zero attached hydrogens (tertiary/aromatic N) is 3. The lowest BCUT2D eigenvalue weighted by Crippen LogP contribution is -2.42. The number of benzene rings is 3. The lowest BCUT2D eigenvalue weighted by Gasteiger charge is -2.29. The van der Waals surface area contributed by atoms with E-state index in [-0.39, 0.29) is 24.2 Å². The van der Waals surface area contributed by atoms with Gasteiger partial charge < -0.3 is 9.64 Å². The molecule has 1 saturated heterocycles. The van der Waals surface area contributed by atoms with Gasteiger partial charge in [-0.25, -0.2) is 0 Å². The third-order valence-corrected chi connectivity index (χ3v) is 5.51. The van der Waals surface area contributed by atoms with Crippen molar-refractivity contribution < 1.29 is 19.2 Å². The molecule has 0 radical (unpaired) electrons. The molecule has 1 aliphatic rings. The quantitative estimate of drug-likeness (QED) is 0.407. The fourth-order valence-corrected chi connectivity index (χ4v) is 3.92. The molecule has 32 heavy (non-hydrogen) atoms. The third-order valence-electron chi connectivity index (χ3n) is 5.51. The molecule has 2 amide bonds. The van der Waals surface area contributed by atoms with Crippen molar-refractivity contribution in [2.45, 2.75) is 19.8 Å². The van der Waals surface area contributed by atoms with E-state index in [1.54, 1.807) is 11.0 Å². The molecular formula is C24H23N3O5. The summed E-state index contributed by atoms with van der Waals surface area (Å²) in [6, 6.07) is 17.0. The molecule has 0 aromatic heterocycles. The molecule has 3 aromatic carbocycles. The van der Waals surface area contributed by atoms with Gasteiger partial charge in [-0.15, -0.1) is 0 Å². The Balaban J connectivity index is 1.82. The number of likely N-dealkylation sites (tertiary alicyclic amines) is 1. The largest absolute Gasteiger partial charge is 0.493 e. The Bertz CT molecular complexity index is 1180. The SMILES string of the molecule is CCOc1ccc2ccccc2c1C(=O)N(CN1CCCC1=O)c1ccc([N+](=O)[O-])cc1. The van der Waals surface area contributed by atoms with Crippen LogP contribution in [-0.4, -0.2) is 41.5 Å². The maximum absolute atomic E-state index is 13.9. The van der Waals surface area contributed by atoms with Crippen LogP contribution in [0.2, 0.25) is 0 Å². The highest BCUT2D eigenvalue weighted by atomic mass is 16.6. The van der Waals surface area contributed by atoms with Crippen molar-refractivity contribution in [1.29, 1.82) is 0 Å². The van der Waals surface area contributed by atoms with Gasteiger partial charge >= 0.3 is 0 Å². The van der Waals surface area contributed by atoms with E-state index in [9.17, 15) is 19.7 Å². The first-order valence-corrected chi connectivity index (χ1v) is 10.5. The van der Waals surface area contributed by atoms with Gasteiger partial charge in [-0.3, -0.25) is 24.6 Å². The Morgan fingerprint density at radius 1 is 1.12 bits per heavy atom. The van der Waals surface area contributed by atoms with Crippen LogP contribution in [0.4, 0.5) is 11.4 Å². The molecule has 0 N–H and O–H groups in total. The highest BCUT2D eigenvalue weighted by Gasteiger charge is 2.29. The summed E-state index contributed by atoms with van der Waals surface area (Å²) < 4.78 is 5.78. The zero-order valence-corrected chi connectivity index (χ0v) is 17.7. The fourth-order valence-electron chi connectivity index (χ4n) is 3.92. The molecule has 8 nitrogen and oxygen atoms in total. The van der Waals surface area contributed by atoms with Crippen molar-refractivity contribution in [2.24, 2.45) is 0 Å². The number of non-ortho nitro benzene ring substituents is 1. The number of fused-ring (bicyclic) bond motifs is 1. The zero-order valence-electron chi connectivity index (χ0n) is 17.7. The number of rotatable bonds is 7. The zero-order chi connectivity index (χ0) is 22.7. The molecule has 1 heterocycles. The second-order valence-corrected chi connectivity index (χ2v) is 7.50. The Kier molecular flexibility index (Phi) is 6.02. The summed E-state index contributed by atoms with van der Waals surface area (Å²) >= 11 is 0. The highest BCUT2D eigenvalue weighted by Crippen LogP contribution is 2.32. The monoisotopic (exact) mass is 433 g/mol. The van der Waals surface area contributed by atoms with Gasteiger partial charge in [-0.1, -0.05) is 30.3 Å². The number of carbonyl (C=O) groups is 2. The molecule has 0 aliphatic carbocycles. The number of ether oxygens (including phenoxy) is 1. The van der Waals surface area contributed by atoms with Gasteiger partial charge in [0.05, 0.1) is 17.1 Å². The van der Waals surface area contributed by atoms with Crippen molar-refractivity contribution in [1.82, 2.24) is 4.90 Å². The average Bonchev–Trinajstić information content (AvgIpc) is 3.21. The van der Waals surface area contributed by atoms with E-state index in [1.165, 1.54) is 29.2 Å². The molecule has 164 valence electrons. The van der Waals surface area contributed by atoms with Gasteiger partial charge in [0.15, 0.2) is 0 Å². The number of nitro groups is 1. The maximum Gasteiger partial charge on any atom is 0.269 e. The van der Waals surface area contributed by atoms with Crippen LogP contribution < -0.4 is 9.64 Å². The van der Waals surface area contributed by atoms with Crippen LogP contribution in [0.3, 0.4) is 0 Å². The second-order valence-electron chi connectivity index (χ2n) is 7.50. The fraction of sp³-hybridized carbons (Fsp3) is 0.250. The summed E-state index contributed by atoms with van der Waals surface area (Å²) in [6.45, 7) is 2.86. The first kappa shape index (κ1) is 21.3. The topological polar surface area (TPSA) is 93.0 Å². The Morgan fingerprint density at radius 2 is 1.88 bits per heavy atom. The van der Waals surface area contributed by atoms with Crippen LogP contribution in [-0.2, 0) is 4.79 Å². The standard InChI is InChI=1S/C24H23N3O5/c1-2-32-21-14-9-17-6-3-4-7-20(17)23(21)24(29)26(16-25-15-5-8-22(25)28)18-10-12-19(13-11-18)27(30)31/h3-4,6-7,9-14H,2,5,8,15-16H2,1H3. The summed E-state index contributed by atoms with van der Waals surface area (Å²) in [5.41, 5.74) is 0.796. The highest BCUT2D eigenvalue weighted by molar-refractivity contribution is 6.16. The van der Waals surface area contributed by atoms with E-state index in [4.69, 9.17) is 4.74 Å². The van der Waals surface area contributed by atoms with Gasteiger partial charge in [0.2, 0.25) is 5.91 Å². The van der Waals surface area contributed by atoms with Gasteiger partial charge in [0.1, 0.15) is 12.4 Å². The predicted molar refractivity (Wildman–Crippen MR) is 121 cm³/mol. The van der Waals surface area contributed by atoms with E-state index in [2.05, 4.69) is 0 Å². The summed E-state index contributed by atoms with van der Waals surface area (Å²) in [4.78, 5) is 39.9. The maximum atomic E-state index is 13.9. The third kappa shape index (κ3) is 4.12. The van der Waals surface area contributed by atoms with E-state index in [0.29, 0.717) is 36.6 Å². The summed E-state index contributed by atoms with van der Waals surface area (Å²) in [5.74, 6) is 0.0994. The number of nitro benzene ring substituents is 1. The van der Waals surface area contributed by atoms with E-state index < -0.39 is 4.92 Å². The predicted octanol–water partition coefficient (Wildman–Crippen LogP) is 4.37. The lowest BCUT2D eigenvalue weighted by atomic mass is 10.0. The average molecular weight is 433 g/mol. The number of hydrogen-bond donors (Lipinski definition) is 0. The number of amides is 2. The van der Waals surface area contributed by atoms with Crippen LogP contribution in [0.1, 0.15) is 30.1 Å². The molecule has 0 bridgehead atoms. The van der Waals surface area contributed by atoms with Crippen molar-refractivity contribution in [3.05, 3.63) is 76.3 Å². The molecule has 1 aliphatic heterocycles. The van der Waals surface area contributed by atoms with Crippen molar-refractivity contribution in [2.75, 3.05) is 24.7 Å². The van der Waals surface area contributed by atoms with Crippen molar-refractivity contribution in [3.63, 3.8) is 0 Å². The van der Waals surface area contributed by atoms with Gasteiger partial charge in [-0.05, 0) is 42.3 Å². The normalized spacial score (nSPS) is 13.4. The van der Waals surface area contributed by atoms with Gasteiger partial charge in [-0.2, -0.15) is 0 Å². The molecule has 0 unspecified atom stereocenters. The minimum absolute atomic E-state index is 0.0207. The first-order valence-electron chi connectivity index (χ1n) is 10.5. The minimum Gasteiger partial charge on any atom is -0.493 e.